The number of halogens is 3. The van der Waals surface area contributed by atoms with Crippen molar-refractivity contribution in [3.8, 4) is 5.75 Å². The molecule has 1 aliphatic rings. The number of benzene rings is 1. The van der Waals surface area contributed by atoms with Gasteiger partial charge in [0.1, 0.15) is 23.7 Å². The summed E-state index contributed by atoms with van der Waals surface area (Å²) in [6, 6.07) is 2.83. The van der Waals surface area contributed by atoms with E-state index in [1.807, 2.05) is 13.1 Å². The van der Waals surface area contributed by atoms with Crippen molar-refractivity contribution in [2.24, 2.45) is 15.9 Å². The maximum absolute atomic E-state index is 13.5. The Labute approximate surface area is 368 Å². The van der Waals surface area contributed by atoms with E-state index in [9.17, 15) is 18.0 Å². The second-order valence-electron chi connectivity index (χ2n) is 13.8. The lowest BCUT2D eigenvalue weighted by molar-refractivity contribution is -0.136. The van der Waals surface area contributed by atoms with Crippen LogP contribution in [0.3, 0.4) is 0 Å². The summed E-state index contributed by atoms with van der Waals surface area (Å²) in [4.78, 5) is 29.5. The van der Waals surface area contributed by atoms with E-state index < -0.39 is 29.2 Å². The molecule has 0 amide bonds. The zero-order valence-corrected chi connectivity index (χ0v) is 36.5. The summed E-state index contributed by atoms with van der Waals surface area (Å²) < 4.78 is 88.6. The number of hydrogen-bond acceptors (Lipinski definition) is 19. The highest BCUT2D eigenvalue weighted by Crippen LogP contribution is 2.23. The van der Waals surface area contributed by atoms with Crippen molar-refractivity contribution in [1.29, 1.82) is 0 Å². The van der Waals surface area contributed by atoms with Crippen molar-refractivity contribution in [2.45, 2.75) is 19.4 Å². The molecule has 2 heterocycles. The number of aromatic nitrogens is 2. The molecule has 356 valence electrons. The topological polar surface area (TPSA) is 207 Å². The number of carbonyl (C=O) groups is 1. The van der Waals surface area contributed by atoms with Crippen LogP contribution in [-0.2, 0) is 49.2 Å². The molecule has 4 N–H and O–H groups in total. The molecular weight excluding hydrogens is 835 g/mol. The zero-order valence-electron chi connectivity index (χ0n) is 36.5. The predicted molar refractivity (Wildman–Crippen MR) is 229 cm³/mol. The van der Waals surface area contributed by atoms with Crippen molar-refractivity contribution in [3.63, 3.8) is 0 Å². The van der Waals surface area contributed by atoms with Crippen LogP contribution < -0.4 is 21.2 Å². The number of piperazine rings is 1. The minimum absolute atomic E-state index is 0.0452. The van der Waals surface area contributed by atoms with Crippen LogP contribution in [0.2, 0.25) is 0 Å². The standard InChI is InChI=1S/C41H66F3N9O10/c1-46-30-35-29-39(50-33-49-35)48-4-2-6-52-7-9-53(10-8-52)11-14-57-17-20-60-23-24-61-25-26-62-32-36(51-45)31-47-5-13-56-16-19-59-22-21-58-18-15-55-12-3-40(54)63-41-37(43)27-34(42)28-38(41)44/h27-29,31,33,46H,2-26,30,32,45H2,1H3,(H,48,49,50). The van der Waals surface area contributed by atoms with E-state index in [-0.39, 0.29) is 32.8 Å². The van der Waals surface area contributed by atoms with Gasteiger partial charge in [0.25, 0.3) is 0 Å². The van der Waals surface area contributed by atoms with Gasteiger partial charge in [0.05, 0.1) is 124 Å². The number of nitrogens with zero attached hydrogens (tertiary/aromatic N) is 6. The Morgan fingerprint density at radius 2 is 1.27 bits per heavy atom. The summed E-state index contributed by atoms with van der Waals surface area (Å²) in [5.74, 6) is 0.726. The van der Waals surface area contributed by atoms with Crippen LogP contribution in [0.4, 0.5) is 19.0 Å². The lowest BCUT2D eigenvalue weighted by Crippen LogP contribution is -2.47. The first-order valence-corrected chi connectivity index (χ1v) is 21.3. The fourth-order valence-electron chi connectivity index (χ4n) is 5.66. The Morgan fingerprint density at radius 3 is 1.86 bits per heavy atom. The average molecular weight is 902 g/mol. The Morgan fingerprint density at radius 1 is 0.730 bits per heavy atom. The summed E-state index contributed by atoms with van der Waals surface area (Å²) >= 11 is 0. The Kier molecular flexibility index (Phi) is 30.0. The number of rotatable bonds is 38. The highest BCUT2D eigenvalue weighted by atomic mass is 19.1. The quantitative estimate of drug-likeness (QED) is 0.0218. The van der Waals surface area contributed by atoms with Crippen LogP contribution in [0.15, 0.2) is 34.6 Å². The number of nitrogens with one attached hydrogen (secondary N) is 2. The number of hydrogen-bond donors (Lipinski definition) is 3. The molecule has 0 radical (unpaired) electrons. The smallest absolute Gasteiger partial charge is 0.313 e. The lowest BCUT2D eigenvalue weighted by Gasteiger charge is -2.34. The first kappa shape index (κ1) is 53.4. The number of nitrogens with two attached hydrogens (primary N) is 1. The van der Waals surface area contributed by atoms with Gasteiger partial charge in [0, 0.05) is 70.2 Å². The van der Waals surface area contributed by atoms with Gasteiger partial charge in [-0.2, -0.15) is 5.10 Å². The second kappa shape index (κ2) is 35.4. The minimum atomic E-state index is -1.30. The number of esters is 1. The largest absolute Gasteiger partial charge is 0.420 e. The van der Waals surface area contributed by atoms with E-state index in [1.165, 1.54) is 0 Å². The van der Waals surface area contributed by atoms with Crippen LogP contribution in [-0.4, -0.2) is 203 Å². The van der Waals surface area contributed by atoms with Gasteiger partial charge >= 0.3 is 5.97 Å². The Balaban J connectivity index is 0.992. The molecule has 1 aliphatic heterocycles. The second-order valence-corrected chi connectivity index (χ2v) is 13.8. The van der Waals surface area contributed by atoms with Crippen LogP contribution >= 0.6 is 0 Å². The van der Waals surface area contributed by atoms with Crippen LogP contribution in [0.25, 0.3) is 0 Å². The van der Waals surface area contributed by atoms with Crippen molar-refractivity contribution >= 4 is 23.7 Å². The summed E-state index contributed by atoms with van der Waals surface area (Å²) in [5.41, 5.74) is 1.47. The van der Waals surface area contributed by atoms with Gasteiger partial charge < -0.3 is 64.0 Å². The fourth-order valence-corrected chi connectivity index (χ4v) is 5.66. The molecule has 0 spiro atoms. The van der Waals surface area contributed by atoms with Gasteiger partial charge in [0.2, 0.25) is 5.75 Å². The Hall–Kier alpha value is -3.94. The minimum Gasteiger partial charge on any atom is -0.420 e. The summed E-state index contributed by atoms with van der Waals surface area (Å²) in [5, 5.41) is 10.2. The van der Waals surface area contributed by atoms with Crippen molar-refractivity contribution < 1.29 is 60.6 Å². The third kappa shape index (κ3) is 26.4. The monoisotopic (exact) mass is 901 g/mol. The third-order valence-corrected chi connectivity index (χ3v) is 8.94. The summed E-state index contributed by atoms with van der Waals surface area (Å²) in [7, 11) is 1.91. The van der Waals surface area contributed by atoms with E-state index in [2.05, 4.69) is 45.2 Å². The van der Waals surface area contributed by atoms with Gasteiger partial charge in [-0.05, 0) is 20.0 Å². The van der Waals surface area contributed by atoms with Gasteiger partial charge in [-0.3, -0.25) is 14.7 Å². The molecule has 1 aromatic carbocycles. The fraction of sp³-hybridized carbons (Fsp3) is 0.683. The average Bonchev–Trinajstić information content (AvgIpc) is 3.27. The predicted octanol–water partition coefficient (Wildman–Crippen LogP) is 1.55. The van der Waals surface area contributed by atoms with Crippen molar-refractivity contribution in [2.75, 3.05) is 170 Å². The van der Waals surface area contributed by atoms with Crippen LogP contribution in [0.1, 0.15) is 18.5 Å². The van der Waals surface area contributed by atoms with Gasteiger partial charge in [-0.15, -0.1) is 0 Å². The number of hydrazone groups is 1. The molecule has 0 aliphatic carbocycles. The molecule has 1 saturated heterocycles. The van der Waals surface area contributed by atoms with Crippen molar-refractivity contribution in [1.82, 2.24) is 25.1 Å². The van der Waals surface area contributed by atoms with E-state index in [1.54, 1.807) is 12.5 Å². The molecule has 19 nitrogen and oxygen atoms in total. The van der Waals surface area contributed by atoms with Crippen LogP contribution in [0.5, 0.6) is 5.75 Å². The highest BCUT2D eigenvalue weighted by Gasteiger charge is 2.17. The van der Waals surface area contributed by atoms with E-state index >= 15 is 0 Å². The van der Waals surface area contributed by atoms with Crippen LogP contribution in [0, 0.1) is 17.5 Å². The van der Waals surface area contributed by atoms with E-state index in [4.69, 9.17) is 43.7 Å². The molecule has 22 heteroatoms. The number of carbonyl (C=O) groups excluding carboxylic acids is 1. The normalized spacial score (nSPS) is 13.9. The Bertz CT molecular complexity index is 1540. The molecule has 1 aromatic heterocycles. The maximum atomic E-state index is 13.5. The number of ether oxygens (including phenoxy) is 9. The maximum Gasteiger partial charge on any atom is 0.313 e. The molecule has 0 atom stereocenters. The molecular formula is C41H66F3N9O10. The van der Waals surface area contributed by atoms with Gasteiger partial charge in [-0.25, -0.2) is 23.1 Å². The molecule has 63 heavy (non-hydrogen) atoms. The molecule has 2 aromatic rings. The first-order valence-electron chi connectivity index (χ1n) is 21.3. The molecule has 0 saturated carbocycles. The lowest BCUT2D eigenvalue weighted by atomic mass is 10.3. The van der Waals surface area contributed by atoms with E-state index in [0.717, 1.165) is 70.3 Å². The summed E-state index contributed by atoms with van der Waals surface area (Å²) in [6.07, 6.45) is 3.96. The van der Waals surface area contributed by atoms with Gasteiger partial charge in [0.15, 0.2) is 11.6 Å². The van der Waals surface area contributed by atoms with E-state index in [0.29, 0.717) is 104 Å². The third-order valence-electron chi connectivity index (χ3n) is 8.94. The molecule has 3 rings (SSSR count). The highest BCUT2D eigenvalue weighted by molar-refractivity contribution is 6.31. The SMILES string of the molecule is CNCc1cc(NCCCN2CCN(CCOCCOCCOCCOCC(C=NCCOCCOCCOCCOCCC(=O)Oc3c(F)cc(F)cc3F)=NN)CC2)ncn1. The number of aliphatic imine (C=N–C) groups is 1. The molecule has 0 bridgehead atoms. The van der Waals surface area contributed by atoms with Gasteiger partial charge in [-0.1, -0.05) is 0 Å². The molecule has 1 fully saturated rings. The molecule has 0 unspecified atom stereocenters. The first-order chi connectivity index (χ1) is 30.9. The van der Waals surface area contributed by atoms with Crippen molar-refractivity contribution in [3.05, 3.63) is 47.7 Å². The summed E-state index contributed by atoms with van der Waals surface area (Å²) in [6.45, 7) is 14.1. The zero-order chi connectivity index (χ0) is 45.0. The number of anilines is 1.